The number of ether oxygens (including phenoxy) is 1. The number of nitrogen functional groups attached to an aromatic ring is 1. The summed E-state index contributed by atoms with van der Waals surface area (Å²) in [6, 6.07) is 3.71. The summed E-state index contributed by atoms with van der Waals surface area (Å²) >= 11 is 3.45. The topological polar surface area (TPSA) is 56.8 Å². The molecule has 0 aliphatic carbocycles. The highest BCUT2D eigenvalue weighted by Gasteiger charge is 2.20. The van der Waals surface area contributed by atoms with Gasteiger partial charge in [-0.2, -0.15) is 0 Å². The molecule has 0 aromatic heterocycles. The van der Waals surface area contributed by atoms with E-state index in [4.69, 9.17) is 15.3 Å². The Morgan fingerprint density at radius 1 is 1.56 bits per heavy atom. The number of halogens is 1. The van der Waals surface area contributed by atoms with Gasteiger partial charge in [0.1, 0.15) is 12.4 Å². The third-order valence-corrected chi connectivity index (χ3v) is 2.95. The van der Waals surface area contributed by atoms with Gasteiger partial charge in [-0.15, -0.1) is 0 Å². The van der Waals surface area contributed by atoms with Crippen LogP contribution < -0.4 is 10.5 Å². The first-order valence-electron chi connectivity index (χ1n) is 5.14. The Morgan fingerprint density at radius 2 is 2.38 bits per heavy atom. The molecule has 1 heterocycles. The van der Waals surface area contributed by atoms with E-state index in [1.807, 2.05) is 19.1 Å². The van der Waals surface area contributed by atoms with Gasteiger partial charge in [0, 0.05) is 12.1 Å². The molecule has 16 heavy (non-hydrogen) atoms. The molecule has 0 saturated carbocycles. The molecule has 0 bridgehead atoms. The number of nitrogens with two attached hydrogens (primary N) is 1. The number of hydrogen-bond acceptors (Lipinski definition) is 4. The predicted molar refractivity (Wildman–Crippen MR) is 66.8 cm³/mol. The van der Waals surface area contributed by atoms with Gasteiger partial charge in [-0.05, 0) is 35.0 Å². The van der Waals surface area contributed by atoms with Gasteiger partial charge in [0.2, 0.25) is 0 Å². The van der Waals surface area contributed by atoms with Crippen LogP contribution >= 0.6 is 15.9 Å². The summed E-state index contributed by atoms with van der Waals surface area (Å²) in [7, 11) is 0. The van der Waals surface area contributed by atoms with E-state index in [0.29, 0.717) is 18.9 Å². The fourth-order valence-corrected chi connectivity index (χ4v) is 2.08. The van der Waals surface area contributed by atoms with Gasteiger partial charge in [-0.25, -0.2) is 0 Å². The Labute approximate surface area is 103 Å². The van der Waals surface area contributed by atoms with Crippen molar-refractivity contribution in [3.63, 3.8) is 0 Å². The second-order valence-electron chi connectivity index (χ2n) is 3.39. The van der Waals surface area contributed by atoms with Crippen LogP contribution in [-0.4, -0.2) is 18.9 Å². The van der Waals surface area contributed by atoms with Crippen molar-refractivity contribution in [2.75, 3.05) is 18.9 Å². The average molecular weight is 285 g/mol. The predicted octanol–water partition coefficient (Wildman–Crippen LogP) is 2.55. The molecule has 1 aromatic rings. The van der Waals surface area contributed by atoms with Crippen LogP contribution in [0.5, 0.6) is 5.75 Å². The lowest BCUT2D eigenvalue weighted by Gasteiger charge is -2.13. The van der Waals surface area contributed by atoms with Crippen LogP contribution in [0.15, 0.2) is 21.8 Å². The fraction of sp³-hybridized carbons (Fsp3) is 0.364. The zero-order chi connectivity index (χ0) is 11.5. The standard InChI is InChI=1S/C11H13BrN2O2/c1-2-15-11-7(12)3-4-8(13)10(11)9-5-6-16-14-9/h3-4H,2,5-6,13H2,1H3. The van der Waals surface area contributed by atoms with Gasteiger partial charge in [-0.1, -0.05) is 5.16 Å². The molecule has 86 valence electrons. The third-order valence-electron chi connectivity index (χ3n) is 2.32. The Bertz CT molecular complexity index is 432. The average Bonchev–Trinajstić information content (AvgIpc) is 2.77. The first kappa shape index (κ1) is 11.3. The highest BCUT2D eigenvalue weighted by Crippen LogP contribution is 2.35. The molecule has 1 aromatic carbocycles. The number of nitrogens with zero attached hydrogens (tertiary/aromatic N) is 1. The number of hydrogen-bond donors (Lipinski definition) is 1. The van der Waals surface area contributed by atoms with Crippen molar-refractivity contribution >= 4 is 27.3 Å². The summed E-state index contributed by atoms with van der Waals surface area (Å²) in [4.78, 5) is 5.00. The van der Waals surface area contributed by atoms with Crippen molar-refractivity contribution in [1.82, 2.24) is 0 Å². The summed E-state index contributed by atoms with van der Waals surface area (Å²) in [6.45, 7) is 3.13. The summed E-state index contributed by atoms with van der Waals surface area (Å²) in [6.07, 6.45) is 0.765. The largest absolute Gasteiger partial charge is 0.492 e. The first-order chi connectivity index (χ1) is 7.74. The van der Waals surface area contributed by atoms with Gasteiger partial charge >= 0.3 is 0 Å². The quantitative estimate of drug-likeness (QED) is 0.868. The smallest absolute Gasteiger partial charge is 0.144 e. The number of oxime groups is 1. The van der Waals surface area contributed by atoms with Crippen LogP contribution in [-0.2, 0) is 4.84 Å². The molecule has 0 fully saturated rings. The SMILES string of the molecule is CCOc1c(Br)ccc(N)c1C1=NOCC1. The summed E-state index contributed by atoms with van der Waals surface area (Å²) in [5, 5.41) is 3.99. The van der Waals surface area contributed by atoms with E-state index in [-0.39, 0.29) is 0 Å². The van der Waals surface area contributed by atoms with E-state index in [1.54, 1.807) is 0 Å². The minimum absolute atomic E-state index is 0.586. The fourth-order valence-electron chi connectivity index (χ4n) is 1.64. The van der Waals surface area contributed by atoms with Crippen LogP contribution in [0, 0.1) is 0 Å². The second-order valence-corrected chi connectivity index (χ2v) is 4.25. The van der Waals surface area contributed by atoms with Crippen molar-refractivity contribution in [2.45, 2.75) is 13.3 Å². The molecule has 2 rings (SSSR count). The second kappa shape index (κ2) is 4.74. The lowest BCUT2D eigenvalue weighted by atomic mass is 10.0. The molecule has 1 aliphatic rings. The Balaban J connectivity index is 2.51. The van der Waals surface area contributed by atoms with Crippen molar-refractivity contribution < 1.29 is 9.57 Å². The van der Waals surface area contributed by atoms with E-state index in [0.717, 1.165) is 27.9 Å². The zero-order valence-corrected chi connectivity index (χ0v) is 10.6. The molecule has 0 unspecified atom stereocenters. The van der Waals surface area contributed by atoms with Crippen LogP contribution in [0.4, 0.5) is 5.69 Å². The summed E-state index contributed by atoms with van der Waals surface area (Å²) in [5.41, 5.74) is 8.32. The van der Waals surface area contributed by atoms with Crippen LogP contribution in [0.25, 0.3) is 0 Å². The third kappa shape index (κ3) is 2.00. The normalized spacial score (nSPS) is 14.5. The molecule has 2 N–H and O–H groups in total. The zero-order valence-electron chi connectivity index (χ0n) is 9.00. The molecular weight excluding hydrogens is 272 g/mol. The Hall–Kier alpha value is -1.23. The van der Waals surface area contributed by atoms with Crippen molar-refractivity contribution in [2.24, 2.45) is 5.16 Å². The first-order valence-corrected chi connectivity index (χ1v) is 5.93. The van der Waals surface area contributed by atoms with Crippen molar-refractivity contribution in [1.29, 1.82) is 0 Å². The maximum Gasteiger partial charge on any atom is 0.144 e. The van der Waals surface area contributed by atoms with Crippen LogP contribution in [0.3, 0.4) is 0 Å². The molecule has 0 atom stereocenters. The van der Waals surface area contributed by atoms with E-state index in [2.05, 4.69) is 21.1 Å². The molecule has 0 amide bonds. The Kier molecular flexibility index (Phi) is 3.33. The maximum atomic E-state index is 5.96. The molecular formula is C11H13BrN2O2. The molecule has 0 radical (unpaired) electrons. The molecule has 4 nitrogen and oxygen atoms in total. The van der Waals surface area contributed by atoms with Crippen LogP contribution in [0.1, 0.15) is 18.9 Å². The molecule has 0 spiro atoms. The van der Waals surface area contributed by atoms with Gasteiger partial charge in [0.05, 0.1) is 22.4 Å². The highest BCUT2D eigenvalue weighted by molar-refractivity contribution is 9.10. The van der Waals surface area contributed by atoms with Gasteiger partial charge in [-0.3, -0.25) is 0 Å². The van der Waals surface area contributed by atoms with Gasteiger partial charge in [0.25, 0.3) is 0 Å². The molecule has 5 heteroatoms. The number of anilines is 1. The molecule has 1 aliphatic heterocycles. The van der Waals surface area contributed by atoms with Crippen LogP contribution in [0.2, 0.25) is 0 Å². The summed E-state index contributed by atoms with van der Waals surface area (Å²) < 4.78 is 6.48. The van der Waals surface area contributed by atoms with Gasteiger partial charge in [0.15, 0.2) is 0 Å². The molecule has 0 saturated heterocycles. The lowest BCUT2D eigenvalue weighted by Crippen LogP contribution is -2.07. The highest BCUT2D eigenvalue weighted by atomic mass is 79.9. The van der Waals surface area contributed by atoms with Gasteiger partial charge < -0.3 is 15.3 Å². The van der Waals surface area contributed by atoms with E-state index < -0.39 is 0 Å². The number of rotatable bonds is 3. The summed E-state index contributed by atoms with van der Waals surface area (Å²) in [5.74, 6) is 0.742. The maximum absolute atomic E-state index is 5.96. The van der Waals surface area contributed by atoms with Crippen molar-refractivity contribution in [3.05, 3.63) is 22.2 Å². The minimum atomic E-state index is 0.586. The monoisotopic (exact) mass is 284 g/mol. The lowest BCUT2D eigenvalue weighted by molar-refractivity contribution is 0.174. The minimum Gasteiger partial charge on any atom is -0.492 e. The number of benzene rings is 1. The van der Waals surface area contributed by atoms with E-state index >= 15 is 0 Å². The van der Waals surface area contributed by atoms with Crippen molar-refractivity contribution in [3.8, 4) is 5.75 Å². The van der Waals surface area contributed by atoms with E-state index in [9.17, 15) is 0 Å². The Morgan fingerprint density at radius 3 is 3.00 bits per heavy atom. The van der Waals surface area contributed by atoms with E-state index in [1.165, 1.54) is 0 Å².